The second-order valence-electron chi connectivity index (χ2n) is 4.05. The second kappa shape index (κ2) is 2.56. The molecule has 0 N–H and O–H groups in total. The van der Waals surface area contributed by atoms with Gasteiger partial charge in [-0.25, -0.2) is 0 Å². The molecule has 2 saturated carbocycles. The van der Waals surface area contributed by atoms with Gasteiger partial charge in [0.15, 0.2) is 0 Å². The van der Waals surface area contributed by atoms with Gasteiger partial charge in [0.2, 0.25) is 0 Å². The van der Waals surface area contributed by atoms with Crippen molar-refractivity contribution in [3.8, 4) is 0 Å². The minimum absolute atomic E-state index is 0.822. The van der Waals surface area contributed by atoms with E-state index >= 15 is 0 Å². The van der Waals surface area contributed by atoms with E-state index in [1.807, 2.05) is 0 Å². The zero-order valence-electron chi connectivity index (χ0n) is 6.68. The highest BCUT2D eigenvalue weighted by Crippen LogP contribution is 2.43. The first kappa shape index (κ1) is 6.69. The number of hydrogen-bond acceptors (Lipinski definition) is 0. The van der Waals surface area contributed by atoms with Crippen LogP contribution >= 0.6 is 0 Å². The first-order valence-corrected chi connectivity index (χ1v) is 4.71. The summed E-state index contributed by atoms with van der Waals surface area (Å²) >= 11 is 0. The lowest BCUT2D eigenvalue weighted by atomic mass is 9.65. The third-order valence-corrected chi connectivity index (χ3v) is 3.51. The van der Waals surface area contributed by atoms with Crippen LogP contribution in [0.25, 0.3) is 0 Å². The molecule has 2 fully saturated rings. The molecule has 1 radical (unpaired) electrons. The van der Waals surface area contributed by atoms with Gasteiger partial charge in [-0.15, -0.1) is 0 Å². The highest BCUT2D eigenvalue weighted by atomic mass is 14.4. The van der Waals surface area contributed by atoms with E-state index in [-0.39, 0.29) is 0 Å². The summed E-state index contributed by atoms with van der Waals surface area (Å²) < 4.78 is 0. The molecule has 0 amide bonds. The van der Waals surface area contributed by atoms with Crippen molar-refractivity contribution in [1.82, 2.24) is 0 Å². The molecular formula is C10H17. The molecule has 0 aliphatic heterocycles. The minimum Gasteiger partial charge on any atom is -0.0528 e. The van der Waals surface area contributed by atoms with Gasteiger partial charge in [-0.05, 0) is 24.7 Å². The third-order valence-electron chi connectivity index (χ3n) is 3.51. The molecular weight excluding hydrogens is 120 g/mol. The summed E-state index contributed by atoms with van der Waals surface area (Å²) in [5.74, 6) is 2.86. The Hall–Kier alpha value is 0. The molecule has 0 aromatic heterocycles. The molecule has 0 bridgehead atoms. The van der Waals surface area contributed by atoms with Gasteiger partial charge in [-0.1, -0.05) is 38.5 Å². The van der Waals surface area contributed by atoms with Crippen LogP contribution in [0.3, 0.4) is 0 Å². The Bertz CT molecular complexity index is 95.2. The first-order chi connectivity index (χ1) is 4.88. The van der Waals surface area contributed by atoms with Crippen LogP contribution in [-0.2, 0) is 0 Å². The highest BCUT2D eigenvalue weighted by Gasteiger charge is 2.32. The molecule has 0 aromatic rings. The molecule has 0 atom stereocenters. The van der Waals surface area contributed by atoms with Gasteiger partial charge in [-0.2, -0.15) is 0 Å². The zero-order valence-corrected chi connectivity index (χ0v) is 6.68. The lowest BCUT2D eigenvalue weighted by Gasteiger charge is -2.40. The predicted octanol–water partition coefficient (Wildman–Crippen LogP) is 3.04. The largest absolute Gasteiger partial charge is 0.0528 e. The van der Waals surface area contributed by atoms with Crippen LogP contribution in [0, 0.1) is 24.7 Å². The molecule has 2 aliphatic carbocycles. The summed E-state index contributed by atoms with van der Waals surface area (Å²) in [4.78, 5) is 0. The summed E-state index contributed by atoms with van der Waals surface area (Å²) in [7, 11) is 0. The Morgan fingerprint density at radius 3 is 1.50 bits per heavy atom. The van der Waals surface area contributed by atoms with Crippen LogP contribution in [0.5, 0.6) is 0 Å². The SMILES string of the molecule is [CH2]C(C1CCC1)C1CCC1. The molecule has 2 aliphatic rings. The van der Waals surface area contributed by atoms with Crippen molar-refractivity contribution >= 4 is 0 Å². The predicted molar refractivity (Wildman–Crippen MR) is 43.5 cm³/mol. The zero-order chi connectivity index (χ0) is 6.97. The topological polar surface area (TPSA) is 0 Å². The molecule has 0 heterocycles. The highest BCUT2D eigenvalue weighted by molar-refractivity contribution is 4.87. The summed E-state index contributed by atoms with van der Waals surface area (Å²) in [6.45, 7) is 4.28. The molecule has 0 unspecified atom stereocenters. The lowest BCUT2D eigenvalue weighted by Crippen LogP contribution is -2.30. The Morgan fingerprint density at radius 2 is 1.30 bits per heavy atom. The van der Waals surface area contributed by atoms with Crippen molar-refractivity contribution in [2.24, 2.45) is 17.8 Å². The van der Waals surface area contributed by atoms with Crippen molar-refractivity contribution < 1.29 is 0 Å². The Labute approximate surface area is 64.0 Å². The van der Waals surface area contributed by atoms with Crippen LogP contribution < -0.4 is 0 Å². The standard InChI is InChI=1S/C10H17/c1-8(9-4-2-5-9)10-6-3-7-10/h8-10H,1-7H2. The molecule has 57 valence electrons. The van der Waals surface area contributed by atoms with Crippen LogP contribution in [0.4, 0.5) is 0 Å². The van der Waals surface area contributed by atoms with Gasteiger partial charge in [-0.3, -0.25) is 0 Å². The van der Waals surface area contributed by atoms with E-state index in [1.54, 1.807) is 0 Å². The van der Waals surface area contributed by atoms with Crippen molar-refractivity contribution in [3.05, 3.63) is 6.92 Å². The van der Waals surface area contributed by atoms with E-state index in [1.165, 1.54) is 38.5 Å². The van der Waals surface area contributed by atoms with Crippen molar-refractivity contribution in [3.63, 3.8) is 0 Å². The molecule has 0 aromatic carbocycles. The van der Waals surface area contributed by atoms with E-state index in [0.29, 0.717) is 0 Å². The van der Waals surface area contributed by atoms with Crippen molar-refractivity contribution in [2.75, 3.05) is 0 Å². The van der Waals surface area contributed by atoms with Crippen LogP contribution in [-0.4, -0.2) is 0 Å². The molecule has 0 heteroatoms. The second-order valence-corrected chi connectivity index (χ2v) is 4.05. The molecule has 0 spiro atoms. The summed E-state index contributed by atoms with van der Waals surface area (Å²) in [5, 5.41) is 0. The monoisotopic (exact) mass is 137 g/mol. The Balaban J connectivity index is 1.79. The minimum atomic E-state index is 0.822. The van der Waals surface area contributed by atoms with Crippen LogP contribution in [0.1, 0.15) is 38.5 Å². The van der Waals surface area contributed by atoms with E-state index in [2.05, 4.69) is 6.92 Å². The smallest absolute Gasteiger partial charge is 0.0357 e. The number of rotatable bonds is 2. The third kappa shape index (κ3) is 0.980. The van der Waals surface area contributed by atoms with Crippen LogP contribution in [0.15, 0.2) is 0 Å². The van der Waals surface area contributed by atoms with E-state index in [0.717, 1.165) is 17.8 Å². The maximum atomic E-state index is 4.28. The van der Waals surface area contributed by atoms with Crippen molar-refractivity contribution in [2.45, 2.75) is 38.5 Å². The summed E-state index contributed by atoms with van der Waals surface area (Å²) in [6.07, 6.45) is 8.86. The summed E-state index contributed by atoms with van der Waals surface area (Å²) in [5.41, 5.74) is 0. The van der Waals surface area contributed by atoms with E-state index in [9.17, 15) is 0 Å². The van der Waals surface area contributed by atoms with Gasteiger partial charge in [0.25, 0.3) is 0 Å². The molecule has 10 heavy (non-hydrogen) atoms. The molecule has 0 saturated heterocycles. The van der Waals surface area contributed by atoms with Gasteiger partial charge >= 0.3 is 0 Å². The summed E-state index contributed by atoms with van der Waals surface area (Å²) in [6, 6.07) is 0. The molecule has 0 nitrogen and oxygen atoms in total. The average Bonchev–Trinajstić information content (AvgIpc) is 1.52. The maximum Gasteiger partial charge on any atom is -0.0357 e. The van der Waals surface area contributed by atoms with Crippen LogP contribution in [0.2, 0.25) is 0 Å². The van der Waals surface area contributed by atoms with E-state index in [4.69, 9.17) is 0 Å². The number of hydrogen-bond donors (Lipinski definition) is 0. The van der Waals surface area contributed by atoms with E-state index < -0.39 is 0 Å². The maximum absolute atomic E-state index is 4.28. The van der Waals surface area contributed by atoms with Gasteiger partial charge in [0, 0.05) is 0 Å². The fourth-order valence-corrected chi connectivity index (χ4v) is 2.12. The first-order valence-electron chi connectivity index (χ1n) is 4.71. The Morgan fingerprint density at radius 1 is 0.900 bits per heavy atom. The van der Waals surface area contributed by atoms with Gasteiger partial charge in [0.1, 0.15) is 0 Å². The fraction of sp³-hybridized carbons (Fsp3) is 0.900. The Kier molecular flexibility index (Phi) is 1.71. The van der Waals surface area contributed by atoms with Crippen molar-refractivity contribution in [1.29, 1.82) is 0 Å². The van der Waals surface area contributed by atoms with Gasteiger partial charge < -0.3 is 0 Å². The lowest BCUT2D eigenvalue weighted by molar-refractivity contribution is 0.126. The fourth-order valence-electron chi connectivity index (χ4n) is 2.12. The normalized spacial score (nSPS) is 28.2. The quantitative estimate of drug-likeness (QED) is 0.548. The molecule has 2 rings (SSSR count). The average molecular weight is 137 g/mol. The van der Waals surface area contributed by atoms with Gasteiger partial charge in [0.05, 0.1) is 0 Å².